The van der Waals surface area contributed by atoms with Crippen molar-refractivity contribution in [2.45, 2.75) is 38.2 Å². The highest BCUT2D eigenvalue weighted by Crippen LogP contribution is 2.32. The van der Waals surface area contributed by atoms with E-state index in [-0.39, 0.29) is 11.9 Å². The van der Waals surface area contributed by atoms with Crippen molar-refractivity contribution in [3.05, 3.63) is 72.9 Å². The number of nitrogens with one attached hydrogen (secondary N) is 2. The third kappa shape index (κ3) is 4.15. The van der Waals surface area contributed by atoms with Gasteiger partial charge in [-0.05, 0) is 67.6 Å². The van der Waals surface area contributed by atoms with Crippen LogP contribution in [0.1, 0.15) is 32.1 Å². The lowest BCUT2D eigenvalue weighted by Crippen LogP contribution is -2.19. The van der Waals surface area contributed by atoms with Crippen molar-refractivity contribution in [3.8, 4) is 39.7 Å². The van der Waals surface area contributed by atoms with Gasteiger partial charge in [-0.15, -0.1) is 0 Å². The Morgan fingerprint density at radius 1 is 0.895 bits per heavy atom. The summed E-state index contributed by atoms with van der Waals surface area (Å²) in [6, 6.07) is 14.1. The second-order valence-electron chi connectivity index (χ2n) is 9.60. The summed E-state index contributed by atoms with van der Waals surface area (Å²) in [5.41, 5.74) is 6.74. The van der Waals surface area contributed by atoms with Crippen molar-refractivity contribution in [2.75, 3.05) is 0 Å². The zero-order chi connectivity index (χ0) is 25.5. The second kappa shape index (κ2) is 9.33. The van der Waals surface area contributed by atoms with E-state index in [9.17, 15) is 4.39 Å². The monoisotopic (exact) mass is 505 g/mol. The van der Waals surface area contributed by atoms with Crippen LogP contribution in [0.15, 0.2) is 67.1 Å². The number of rotatable bonds is 5. The maximum atomic E-state index is 13.5. The van der Waals surface area contributed by atoms with Gasteiger partial charge in [0.2, 0.25) is 0 Å². The summed E-state index contributed by atoms with van der Waals surface area (Å²) in [5, 5.41) is 7.56. The first-order chi connectivity index (χ1) is 18.7. The number of imidazole rings is 1. The molecule has 0 bridgehead atoms. The van der Waals surface area contributed by atoms with Gasteiger partial charge in [0.05, 0.1) is 29.0 Å². The fraction of sp³-hybridized carbons (Fsp3) is 0.207. The molecule has 1 aromatic carbocycles. The summed E-state index contributed by atoms with van der Waals surface area (Å²) in [6.45, 7) is 0. The molecule has 7 rings (SSSR count). The van der Waals surface area contributed by atoms with E-state index < -0.39 is 0 Å². The summed E-state index contributed by atoms with van der Waals surface area (Å²) in [7, 11) is 0. The Morgan fingerprint density at radius 2 is 1.76 bits per heavy atom. The van der Waals surface area contributed by atoms with E-state index in [0.29, 0.717) is 22.7 Å². The van der Waals surface area contributed by atoms with Crippen LogP contribution in [-0.4, -0.2) is 41.2 Å². The minimum Gasteiger partial charge on any atom is -0.489 e. The maximum Gasteiger partial charge on any atom is 0.178 e. The van der Waals surface area contributed by atoms with E-state index in [1.165, 1.54) is 31.4 Å². The number of H-pyrrole nitrogens is 2. The van der Waals surface area contributed by atoms with Crippen molar-refractivity contribution < 1.29 is 9.13 Å². The molecule has 8 nitrogen and oxygen atoms in total. The number of aromatic nitrogens is 7. The number of hydrogen-bond acceptors (Lipinski definition) is 6. The molecule has 188 valence electrons. The third-order valence-electron chi connectivity index (χ3n) is 7.04. The highest BCUT2D eigenvalue weighted by atomic mass is 19.1. The van der Waals surface area contributed by atoms with E-state index in [4.69, 9.17) is 14.7 Å². The summed E-state index contributed by atoms with van der Waals surface area (Å²) >= 11 is 0. The fourth-order valence-electron chi connectivity index (χ4n) is 5.12. The summed E-state index contributed by atoms with van der Waals surface area (Å²) in [5.74, 6) is 1.03. The van der Waals surface area contributed by atoms with E-state index in [1.807, 2.05) is 24.3 Å². The summed E-state index contributed by atoms with van der Waals surface area (Å²) in [4.78, 5) is 21.8. The highest BCUT2D eigenvalue weighted by molar-refractivity contribution is 5.94. The number of fused-ring (bicyclic) bond motifs is 2. The number of pyridine rings is 3. The average Bonchev–Trinajstić information content (AvgIpc) is 3.58. The Kier molecular flexibility index (Phi) is 5.53. The number of ether oxygens (including phenoxy) is 1. The molecule has 0 radical (unpaired) electrons. The highest BCUT2D eigenvalue weighted by Gasteiger charge is 2.18. The van der Waals surface area contributed by atoms with Gasteiger partial charge in [0, 0.05) is 23.5 Å². The van der Waals surface area contributed by atoms with Gasteiger partial charge < -0.3 is 9.72 Å². The minimum atomic E-state index is -0.282. The van der Waals surface area contributed by atoms with Crippen LogP contribution in [0.3, 0.4) is 0 Å². The molecular weight excluding hydrogens is 481 g/mol. The molecule has 5 aromatic heterocycles. The molecule has 0 unspecified atom stereocenters. The number of aromatic amines is 2. The lowest BCUT2D eigenvalue weighted by Gasteiger charge is -2.22. The van der Waals surface area contributed by atoms with Crippen molar-refractivity contribution in [1.29, 1.82) is 0 Å². The van der Waals surface area contributed by atoms with E-state index in [2.05, 4.69) is 25.1 Å². The standard InChI is InChI=1S/C29H24FN7O/c30-19-8-6-17(7-9-19)22-12-13-32-28-25(22)34-29(35-28)27-26-24(36-37-27)11-10-23(33-26)18-14-21(16-31-15-18)38-20-4-2-1-3-5-20/h6-16,20H,1-5H2,(H,36,37)(H,32,34,35). The fourth-order valence-corrected chi connectivity index (χ4v) is 5.12. The van der Waals surface area contributed by atoms with Gasteiger partial charge in [0.25, 0.3) is 0 Å². The predicted octanol–water partition coefficient (Wildman–Crippen LogP) is 6.48. The van der Waals surface area contributed by atoms with Crippen LogP contribution in [0.5, 0.6) is 5.75 Å². The quantitative estimate of drug-likeness (QED) is 0.278. The van der Waals surface area contributed by atoms with Crippen LogP contribution in [0.4, 0.5) is 4.39 Å². The smallest absolute Gasteiger partial charge is 0.178 e. The Hall–Kier alpha value is -4.66. The summed E-state index contributed by atoms with van der Waals surface area (Å²) in [6.07, 6.45) is 11.4. The number of halogens is 1. The molecule has 6 aromatic rings. The molecule has 38 heavy (non-hydrogen) atoms. The average molecular weight is 506 g/mol. The van der Waals surface area contributed by atoms with Gasteiger partial charge in [-0.1, -0.05) is 18.6 Å². The summed E-state index contributed by atoms with van der Waals surface area (Å²) < 4.78 is 19.7. The molecule has 0 atom stereocenters. The normalized spacial score (nSPS) is 14.3. The molecule has 5 heterocycles. The molecule has 0 amide bonds. The van der Waals surface area contributed by atoms with E-state index >= 15 is 0 Å². The molecule has 9 heteroatoms. The third-order valence-corrected chi connectivity index (χ3v) is 7.04. The molecular formula is C29H24FN7O. The Bertz CT molecular complexity index is 1750. The maximum absolute atomic E-state index is 13.5. The second-order valence-corrected chi connectivity index (χ2v) is 9.60. The van der Waals surface area contributed by atoms with Crippen molar-refractivity contribution in [2.24, 2.45) is 0 Å². The van der Waals surface area contributed by atoms with E-state index in [1.54, 1.807) is 30.7 Å². The van der Waals surface area contributed by atoms with Gasteiger partial charge in [0.15, 0.2) is 17.2 Å². The Morgan fingerprint density at radius 3 is 2.63 bits per heavy atom. The van der Waals surface area contributed by atoms with Crippen LogP contribution in [0.25, 0.3) is 56.1 Å². The van der Waals surface area contributed by atoms with Crippen molar-refractivity contribution in [1.82, 2.24) is 35.1 Å². The van der Waals surface area contributed by atoms with Crippen LogP contribution < -0.4 is 4.74 Å². The molecule has 1 aliphatic carbocycles. The van der Waals surface area contributed by atoms with Crippen molar-refractivity contribution >= 4 is 22.2 Å². The van der Waals surface area contributed by atoms with Crippen LogP contribution >= 0.6 is 0 Å². The number of nitrogens with zero attached hydrogens (tertiary/aromatic N) is 5. The van der Waals surface area contributed by atoms with Crippen molar-refractivity contribution in [3.63, 3.8) is 0 Å². The van der Waals surface area contributed by atoms with E-state index in [0.717, 1.165) is 52.0 Å². The lowest BCUT2D eigenvalue weighted by molar-refractivity contribution is 0.154. The molecule has 1 aliphatic rings. The first-order valence-electron chi connectivity index (χ1n) is 12.8. The van der Waals surface area contributed by atoms with Crippen LogP contribution in [0.2, 0.25) is 0 Å². The Labute approximate surface area is 217 Å². The van der Waals surface area contributed by atoms with Gasteiger partial charge in [-0.25, -0.2) is 19.3 Å². The first kappa shape index (κ1) is 22.5. The molecule has 1 saturated carbocycles. The van der Waals surface area contributed by atoms with Gasteiger partial charge in [0.1, 0.15) is 17.1 Å². The largest absolute Gasteiger partial charge is 0.489 e. The van der Waals surface area contributed by atoms with Crippen LogP contribution in [-0.2, 0) is 0 Å². The topological polar surface area (TPSA) is 105 Å². The Balaban J connectivity index is 1.25. The lowest BCUT2D eigenvalue weighted by atomic mass is 9.98. The zero-order valence-electron chi connectivity index (χ0n) is 20.5. The number of benzene rings is 1. The van der Waals surface area contributed by atoms with Gasteiger partial charge in [-0.3, -0.25) is 10.1 Å². The minimum absolute atomic E-state index is 0.248. The molecule has 1 fully saturated rings. The molecule has 0 spiro atoms. The molecule has 0 saturated heterocycles. The van der Waals surface area contributed by atoms with Gasteiger partial charge in [-0.2, -0.15) is 5.10 Å². The first-order valence-corrected chi connectivity index (χ1v) is 12.8. The van der Waals surface area contributed by atoms with Crippen LogP contribution in [0, 0.1) is 5.82 Å². The molecule has 0 aliphatic heterocycles. The SMILES string of the molecule is Fc1ccc(-c2ccnc3nc(-c4n[nH]c5ccc(-c6cncc(OC7CCCCC7)c6)nc45)[nH]c23)cc1. The molecule has 2 N–H and O–H groups in total. The zero-order valence-corrected chi connectivity index (χ0v) is 20.5. The predicted molar refractivity (Wildman–Crippen MR) is 143 cm³/mol. The van der Waals surface area contributed by atoms with Gasteiger partial charge >= 0.3 is 0 Å². The number of hydrogen-bond donors (Lipinski definition) is 2.